The Hall–Kier alpha value is -1.14. The minimum absolute atomic E-state index is 0.108. The first kappa shape index (κ1) is 14.8. The number of nitrogens with zero attached hydrogens (tertiary/aromatic N) is 3. The topological polar surface area (TPSA) is 55.9 Å². The van der Waals surface area contributed by atoms with Crippen LogP contribution in [0.4, 0.5) is 0 Å². The van der Waals surface area contributed by atoms with Gasteiger partial charge < -0.3 is 15.1 Å². The van der Waals surface area contributed by atoms with Gasteiger partial charge >= 0.3 is 0 Å². The van der Waals surface area contributed by atoms with Gasteiger partial charge in [0.05, 0.1) is 6.54 Å². The molecule has 2 amide bonds. The third-order valence-electron chi connectivity index (χ3n) is 5.11. The summed E-state index contributed by atoms with van der Waals surface area (Å²) in [5.41, 5.74) is 0. The highest BCUT2D eigenvalue weighted by Gasteiger charge is 2.35. The summed E-state index contributed by atoms with van der Waals surface area (Å²) in [6, 6.07) is 0.584. The van der Waals surface area contributed by atoms with Crippen molar-refractivity contribution in [3.63, 3.8) is 0 Å². The Kier molecular flexibility index (Phi) is 4.45. The van der Waals surface area contributed by atoms with Gasteiger partial charge in [0.1, 0.15) is 0 Å². The van der Waals surface area contributed by atoms with E-state index in [9.17, 15) is 9.59 Å². The van der Waals surface area contributed by atoms with Gasteiger partial charge in [0.2, 0.25) is 11.8 Å². The summed E-state index contributed by atoms with van der Waals surface area (Å²) < 4.78 is 0. The van der Waals surface area contributed by atoms with E-state index in [1.54, 1.807) is 6.92 Å². The molecule has 0 aromatic carbocycles. The molecule has 3 saturated heterocycles. The number of piperidine rings is 1. The van der Waals surface area contributed by atoms with E-state index < -0.39 is 0 Å². The number of hydrogen-bond acceptors (Lipinski definition) is 4. The molecule has 0 radical (unpaired) electrons. The van der Waals surface area contributed by atoms with Gasteiger partial charge in [-0.25, -0.2) is 0 Å². The lowest BCUT2D eigenvalue weighted by Gasteiger charge is -2.35. The Morgan fingerprint density at radius 3 is 2.48 bits per heavy atom. The van der Waals surface area contributed by atoms with Crippen LogP contribution in [-0.2, 0) is 9.59 Å². The Labute approximate surface area is 126 Å². The zero-order valence-corrected chi connectivity index (χ0v) is 12.9. The van der Waals surface area contributed by atoms with Crippen LogP contribution in [0.5, 0.6) is 0 Å². The van der Waals surface area contributed by atoms with Gasteiger partial charge in [-0.05, 0) is 25.3 Å². The zero-order valence-electron chi connectivity index (χ0n) is 12.9. The third kappa shape index (κ3) is 3.37. The Morgan fingerprint density at radius 2 is 1.81 bits per heavy atom. The molecule has 3 rings (SSSR count). The number of nitrogens with one attached hydrogen (secondary N) is 1. The van der Waals surface area contributed by atoms with Gasteiger partial charge in [-0.3, -0.25) is 14.5 Å². The molecular weight excluding hydrogens is 268 g/mol. The standard InChI is InChI=1S/C15H26N4O2/c1-12(20)18-5-7-19(8-6-18)15(21)11-17-9-13-3-2-4-16-14(13)10-17/h13-14,16H,2-11H2,1H3. The number of carbonyl (C=O) groups excluding carboxylic acids is 2. The highest BCUT2D eigenvalue weighted by molar-refractivity contribution is 5.79. The number of amides is 2. The van der Waals surface area contributed by atoms with Crippen LogP contribution >= 0.6 is 0 Å². The van der Waals surface area contributed by atoms with E-state index in [4.69, 9.17) is 0 Å². The summed E-state index contributed by atoms with van der Waals surface area (Å²) in [6.07, 6.45) is 2.55. The van der Waals surface area contributed by atoms with Crippen LogP contribution < -0.4 is 5.32 Å². The van der Waals surface area contributed by atoms with E-state index >= 15 is 0 Å². The minimum Gasteiger partial charge on any atom is -0.339 e. The molecule has 0 spiro atoms. The molecule has 6 heteroatoms. The normalized spacial score (nSPS) is 30.3. The Bertz CT molecular complexity index is 392. The quantitative estimate of drug-likeness (QED) is 0.736. The van der Waals surface area contributed by atoms with E-state index in [2.05, 4.69) is 10.2 Å². The monoisotopic (exact) mass is 294 g/mol. The number of carbonyl (C=O) groups is 2. The third-order valence-corrected chi connectivity index (χ3v) is 5.11. The highest BCUT2D eigenvalue weighted by Crippen LogP contribution is 2.24. The van der Waals surface area contributed by atoms with Gasteiger partial charge in [0.15, 0.2) is 0 Å². The van der Waals surface area contributed by atoms with Crippen LogP contribution in [0.15, 0.2) is 0 Å². The van der Waals surface area contributed by atoms with Crippen molar-refractivity contribution in [3.05, 3.63) is 0 Å². The SMILES string of the molecule is CC(=O)N1CCN(C(=O)CN2CC3CCCNC3C2)CC1. The number of hydrogen-bond donors (Lipinski definition) is 1. The largest absolute Gasteiger partial charge is 0.339 e. The highest BCUT2D eigenvalue weighted by atomic mass is 16.2. The average Bonchev–Trinajstić information content (AvgIpc) is 2.89. The van der Waals surface area contributed by atoms with Crippen LogP contribution in [0.25, 0.3) is 0 Å². The van der Waals surface area contributed by atoms with Crippen molar-refractivity contribution < 1.29 is 9.59 Å². The van der Waals surface area contributed by atoms with Crippen molar-refractivity contribution in [2.45, 2.75) is 25.8 Å². The van der Waals surface area contributed by atoms with Crippen molar-refractivity contribution in [2.24, 2.45) is 5.92 Å². The number of piperazine rings is 1. The maximum atomic E-state index is 12.4. The molecule has 0 saturated carbocycles. The predicted molar refractivity (Wildman–Crippen MR) is 79.8 cm³/mol. The molecule has 1 N–H and O–H groups in total. The van der Waals surface area contributed by atoms with E-state index in [0.717, 1.165) is 25.6 Å². The molecule has 3 aliphatic rings. The van der Waals surface area contributed by atoms with Crippen molar-refractivity contribution in [1.29, 1.82) is 0 Å². The molecule has 3 fully saturated rings. The first-order chi connectivity index (χ1) is 10.1. The van der Waals surface area contributed by atoms with Crippen LogP contribution in [0.2, 0.25) is 0 Å². The second-order valence-corrected chi connectivity index (χ2v) is 6.54. The zero-order chi connectivity index (χ0) is 14.8. The maximum Gasteiger partial charge on any atom is 0.236 e. The molecule has 3 aliphatic heterocycles. The smallest absolute Gasteiger partial charge is 0.236 e. The predicted octanol–water partition coefficient (Wildman–Crippen LogP) is -0.639. The number of fused-ring (bicyclic) bond motifs is 1. The van der Waals surface area contributed by atoms with Gasteiger partial charge in [0.25, 0.3) is 0 Å². The van der Waals surface area contributed by atoms with Gasteiger partial charge in [-0.15, -0.1) is 0 Å². The fourth-order valence-electron chi connectivity index (χ4n) is 3.83. The number of likely N-dealkylation sites (tertiary alicyclic amines) is 1. The molecule has 2 unspecified atom stereocenters. The van der Waals surface area contributed by atoms with Gasteiger partial charge in [-0.2, -0.15) is 0 Å². The molecule has 0 aliphatic carbocycles. The summed E-state index contributed by atoms with van der Waals surface area (Å²) in [7, 11) is 0. The lowest BCUT2D eigenvalue weighted by molar-refractivity contribution is -0.139. The van der Waals surface area contributed by atoms with Crippen molar-refractivity contribution in [2.75, 3.05) is 52.4 Å². The molecule has 2 atom stereocenters. The fraction of sp³-hybridized carbons (Fsp3) is 0.867. The molecular formula is C15H26N4O2. The van der Waals surface area contributed by atoms with E-state index in [0.29, 0.717) is 38.8 Å². The van der Waals surface area contributed by atoms with Crippen LogP contribution in [0.3, 0.4) is 0 Å². The van der Waals surface area contributed by atoms with E-state index in [1.807, 2.05) is 9.80 Å². The first-order valence-electron chi connectivity index (χ1n) is 8.12. The van der Waals surface area contributed by atoms with E-state index in [1.165, 1.54) is 12.8 Å². The molecule has 21 heavy (non-hydrogen) atoms. The van der Waals surface area contributed by atoms with Crippen molar-refractivity contribution in [1.82, 2.24) is 20.0 Å². The molecule has 3 heterocycles. The molecule has 118 valence electrons. The number of rotatable bonds is 2. The Balaban J connectivity index is 1.45. The summed E-state index contributed by atoms with van der Waals surface area (Å²) in [6.45, 7) is 8.01. The lowest BCUT2D eigenvalue weighted by Crippen LogP contribution is -2.52. The average molecular weight is 294 g/mol. The van der Waals surface area contributed by atoms with Gasteiger partial charge in [0, 0.05) is 52.2 Å². The summed E-state index contributed by atoms with van der Waals surface area (Å²) in [4.78, 5) is 29.7. The van der Waals surface area contributed by atoms with Crippen molar-refractivity contribution in [3.8, 4) is 0 Å². The van der Waals surface area contributed by atoms with Crippen LogP contribution in [0.1, 0.15) is 19.8 Å². The van der Waals surface area contributed by atoms with Crippen LogP contribution in [0, 0.1) is 5.92 Å². The van der Waals surface area contributed by atoms with E-state index in [-0.39, 0.29) is 11.8 Å². The fourth-order valence-corrected chi connectivity index (χ4v) is 3.83. The lowest BCUT2D eigenvalue weighted by atomic mass is 9.94. The summed E-state index contributed by atoms with van der Waals surface area (Å²) >= 11 is 0. The Morgan fingerprint density at radius 1 is 1.10 bits per heavy atom. The molecule has 0 aromatic heterocycles. The second kappa shape index (κ2) is 6.32. The molecule has 0 bridgehead atoms. The summed E-state index contributed by atoms with van der Waals surface area (Å²) in [5.74, 6) is 1.05. The molecule has 0 aromatic rings. The maximum absolute atomic E-state index is 12.4. The van der Waals surface area contributed by atoms with Gasteiger partial charge in [-0.1, -0.05) is 0 Å². The molecule has 6 nitrogen and oxygen atoms in total. The van der Waals surface area contributed by atoms with Crippen molar-refractivity contribution >= 4 is 11.8 Å². The first-order valence-corrected chi connectivity index (χ1v) is 8.12. The van der Waals surface area contributed by atoms with Crippen LogP contribution in [-0.4, -0.2) is 84.9 Å². The minimum atomic E-state index is 0.108. The second-order valence-electron chi connectivity index (χ2n) is 6.54. The summed E-state index contributed by atoms with van der Waals surface area (Å²) in [5, 5.41) is 3.57.